The number of hydrogen-bond donors (Lipinski definition) is 4. The van der Waals surface area contributed by atoms with Crippen molar-refractivity contribution in [2.45, 2.75) is 225 Å². The number of alkyl carbamates (subject to hydrolysis) is 3. The number of anilines is 3. The maximum atomic E-state index is 12.2. The van der Waals surface area contributed by atoms with Crippen molar-refractivity contribution in [1.82, 2.24) is 79.8 Å². The summed E-state index contributed by atoms with van der Waals surface area (Å²) in [5.74, 6) is 2.52. The van der Waals surface area contributed by atoms with E-state index in [1.54, 1.807) is 30.1 Å². The molecule has 0 aliphatic carbocycles. The minimum atomic E-state index is -0.516. The third-order valence-corrected chi connectivity index (χ3v) is 21.7. The van der Waals surface area contributed by atoms with Gasteiger partial charge in [-0.2, -0.15) is 10.2 Å². The molecular formula is C72H106IN19O10S2. The van der Waals surface area contributed by atoms with Gasteiger partial charge < -0.3 is 63.6 Å². The Kier molecular flexibility index (Phi) is 24.8. The average molecular weight is 1590 g/mol. The van der Waals surface area contributed by atoms with Gasteiger partial charge in [-0.15, -0.1) is 0 Å². The van der Waals surface area contributed by atoms with Crippen molar-refractivity contribution in [3.8, 4) is 0 Å². The van der Waals surface area contributed by atoms with Crippen molar-refractivity contribution < 1.29 is 42.8 Å². The lowest BCUT2D eigenvalue weighted by Gasteiger charge is -2.40. The number of fused-ring (bicyclic) bond motifs is 3. The summed E-state index contributed by atoms with van der Waals surface area (Å²) in [4.78, 5) is 85.0. The fourth-order valence-electron chi connectivity index (χ4n) is 13.4. The first kappa shape index (κ1) is 78.1. The monoisotopic (exact) mass is 1590 g/mol. The lowest BCUT2D eigenvalue weighted by molar-refractivity contribution is -0.0376. The molecule has 32 heteroatoms. The number of ether oxygens (including phenoxy) is 6. The largest absolute Gasteiger partial charge is 0.444 e. The molecule has 6 aliphatic rings. The lowest BCUT2D eigenvalue weighted by Crippen LogP contribution is -2.46. The maximum Gasteiger partial charge on any atom is 0.407 e. The predicted octanol–water partition coefficient (Wildman–Crippen LogP) is 13.1. The SMILES string of the molecule is CC1(CNC(=O)OC(C)(C)C)CCN(c2cnc3c(=S)[nH]n(C4CCCCO4)c3n2)CC1.CC1(CNC(=O)OC(C)(C)C)CCN(c2cnc3c(I)nn(C4CCCCO4)c3n2)CC1.Cn1ccc(Sc2nn(C3CCCCO3)c3nc(N4CCC(C)(CNC(=O)OC(C)(C)C)CC4)cnc23)cc1=O. The molecule has 0 spiro atoms. The second-order valence-electron chi connectivity index (χ2n) is 32.3. The van der Waals surface area contributed by atoms with E-state index in [1.807, 2.05) is 94.8 Å². The van der Waals surface area contributed by atoms with Crippen molar-refractivity contribution in [1.29, 1.82) is 0 Å². The molecule has 4 N–H and O–H groups in total. The molecule has 568 valence electrons. The van der Waals surface area contributed by atoms with Crippen molar-refractivity contribution in [3.05, 3.63) is 55.6 Å². The number of carbonyl (C=O) groups is 3. The van der Waals surface area contributed by atoms with Crippen LogP contribution < -0.4 is 36.2 Å². The van der Waals surface area contributed by atoms with Crippen LogP contribution in [-0.2, 0) is 35.5 Å². The summed E-state index contributed by atoms with van der Waals surface area (Å²) in [6.45, 7) is 32.4. The molecule has 6 saturated heterocycles. The first-order valence-electron chi connectivity index (χ1n) is 36.7. The number of H-pyrrole nitrogens is 1. The number of nitrogens with one attached hydrogen (secondary N) is 4. The number of rotatable bonds is 14. The molecule has 104 heavy (non-hydrogen) atoms. The van der Waals surface area contributed by atoms with E-state index in [0.29, 0.717) is 52.6 Å². The molecule has 13 rings (SSSR count). The zero-order valence-corrected chi connectivity index (χ0v) is 66.6. The zero-order valence-electron chi connectivity index (χ0n) is 62.8. The van der Waals surface area contributed by atoms with Gasteiger partial charge in [-0.3, -0.25) is 9.89 Å². The predicted molar refractivity (Wildman–Crippen MR) is 410 cm³/mol. The molecule has 13 heterocycles. The maximum absolute atomic E-state index is 12.2. The zero-order chi connectivity index (χ0) is 74.4. The number of amides is 3. The first-order chi connectivity index (χ1) is 49.3. The minimum Gasteiger partial charge on any atom is -0.444 e. The normalized spacial score (nSPS) is 20.8. The third-order valence-electron chi connectivity index (χ3n) is 19.8. The first-order valence-corrected chi connectivity index (χ1v) is 39.1. The number of aromatic nitrogens is 13. The van der Waals surface area contributed by atoms with Crippen molar-refractivity contribution in [2.24, 2.45) is 23.3 Å². The second-order valence-corrected chi connectivity index (χ2v) is 34.8. The Morgan fingerprint density at radius 3 is 1.37 bits per heavy atom. The van der Waals surface area contributed by atoms with Crippen LogP contribution in [0.2, 0.25) is 0 Å². The minimum absolute atomic E-state index is 0.0165. The fraction of sp³-hybridized carbons (Fsp3) is 0.681. The van der Waals surface area contributed by atoms with Crippen LogP contribution in [0.15, 0.2) is 51.6 Å². The van der Waals surface area contributed by atoms with E-state index in [-0.39, 0.29) is 58.8 Å². The van der Waals surface area contributed by atoms with Crippen LogP contribution in [0.1, 0.15) is 198 Å². The molecule has 3 unspecified atom stereocenters. The summed E-state index contributed by atoms with van der Waals surface area (Å²) in [6.07, 6.45) is 20.7. The van der Waals surface area contributed by atoms with Crippen LogP contribution >= 0.6 is 46.6 Å². The van der Waals surface area contributed by atoms with Crippen LogP contribution in [0.4, 0.5) is 31.8 Å². The summed E-state index contributed by atoms with van der Waals surface area (Å²) in [6, 6.07) is 3.51. The van der Waals surface area contributed by atoms with E-state index in [0.717, 1.165) is 192 Å². The highest BCUT2D eigenvalue weighted by atomic mass is 127. The topological polar surface area (TPSA) is 308 Å². The number of aryl methyl sites for hydroxylation is 1. The second kappa shape index (κ2) is 33.0. The molecule has 6 aliphatic heterocycles. The van der Waals surface area contributed by atoms with E-state index in [9.17, 15) is 19.2 Å². The molecule has 7 aromatic rings. The van der Waals surface area contributed by atoms with Crippen LogP contribution in [0, 0.1) is 24.6 Å². The number of carbonyl (C=O) groups excluding carboxylic acids is 3. The summed E-state index contributed by atoms with van der Waals surface area (Å²) in [5, 5.41) is 22.3. The van der Waals surface area contributed by atoms with Gasteiger partial charge in [0, 0.05) is 103 Å². The van der Waals surface area contributed by atoms with Gasteiger partial charge in [0.25, 0.3) is 5.56 Å². The molecule has 3 atom stereocenters. The molecule has 0 bridgehead atoms. The lowest BCUT2D eigenvalue weighted by atomic mass is 9.80. The Hall–Kier alpha value is -7.01. The number of piperidine rings is 3. The van der Waals surface area contributed by atoms with Gasteiger partial charge in [0.2, 0.25) is 0 Å². The van der Waals surface area contributed by atoms with E-state index >= 15 is 0 Å². The molecule has 3 amide bonds. The van der Waals surface area contributed by atoms with Gasteiger partial charge in [0.15, 0.2) is 38.1 Å². The Bertz CT molecular complexity index is 4230. The molecule has 6 fully saturated rings. The van der Waals surface area contributed by atoms with Crippen LogP contribution in [0.5, 0.6) is 0 Å². The smallest absolute Gasteiger partial charge is 0.407 e. The van der Waals surface area contributed by atoms with E-state index in [1.165, 1.54) is 11.8 Å². The summed E-state index contributed by atoms with van der Waals surface area (Å²) >= 11 is 9.10. The summed E-state index contributed by atoms with van der Waals surface area (Å²) in [5.41, 5.74) is 2.91. The quantitative estimate of drug-likeness (QED) is 0.0446. The standard InChI is InChI=1S/C28H39N7O4S.C22H33IN6O3.C22H34N6O3S/c1-27(2,3)39-26(37)30-18-28(4)10-13-34(14-11-28)20-17-29-23-24(31-20)35(22-8-6-7-15-38-22)32-25(23)40-19-9-12-33(5)21(36)16-19;1-21(2,3)32-20(30)25-14-22(4)8-10-28(11-9-22)15-13-24-17-18(23)27-29(19(17)26-15)16-7-5-6-12-31-16;1-21(2,3)31-20(29)24-14-22(4)8-10-27(11-9-22)15-13-23-17-18(25-15)28(26-19(17)32)16-7-5-6-12-30-16/h9,12,16-17,22H,6-8,10-11,13-15,18H2,1-5H3,(H,30,37);13,16H,5-12,14H2,1-4H3,(H,25,30);13,16H,5-12,14H2,1-4H3,(H,24,29)(H,26,32). The number of pyridine rings is 1. The number of halogens is 1. The van der Waals surface area contributed by atoms with Gasteiger partial charge in [0.05, 0.1) is 18.6 Å². The molecule has 29 nitrogen and oxygen atoms in total. The number of hydrogen-bond acceptors (Lipinski definition) is 23. The van der Waals surface area contributed by atoms with Crippen molar-refractivity contribution in [2.75, 3.05) is 93.4 Å². The molecule has 0 radical (unpaired) electrons. The highest BCUT2D eigenvalue weighted by Crippen LogP contribution is 2.39. The Morgan fingerprint density at radius 1 is 0.577 bits per heavy atom. The van der Waals surface area contributed by atoms with Crippen molar-refractivity contribution in [3.63, 3.8) is 0 Å². The molecule has 0 aromatic carbocycles. The van der Waals surface area contributed by atoms with E-state index in [4.69, 9.17) is 65.7 Å². The number of nitrogens with zero attached hydrogens (tertiary/aromatic N) is 15. The van der Waals surface area contributed by atoms with Crippen LogP contribution in [0.3, 0.4) is 0 Å². The Labute approximate surface area is 631 Å². The Balaban J connectivity index is 0.000000158. The highest BCUT2D eigenvalue weighted by Gasteiger charge is 2.37. The Morgan fingerprint density at radius 2 is 0.962 bits per heavy atom. The average Bonchev–Trinajstić information content (AvgIpc) is 1.59. The van der Waals surface area contributed by atoms with Crippen LogP contribution in [0.25, 0.3) is 33.5 Å². The van der Waals surface area contributed by atoms with Gasteiger partial charge in [-0.1, -0.05) is 44.8 Å². The highest BCUT2D eigenvalue weighted by molar-refractivity contribution is 14.1. The van der Waals surface area contributed by atoms with Gasteiger partial charge in [0.1, 0.15) is 61.7 Å². The third kappa shape index (κ3) is 20.6. The van der Waals surface area contributed by atoms with Crippen molar-refractivity contribution >= 4 is 116 Å². The van der Waals surface area contributed by atoms with Gasteiger partial charge in [-0.25, -0.2) is 58.3 Å². The van der Waals surface area contributed by atoms with Gasteiger partial charge >= 0.3 is 18.3 Å². The molecular weight excluding hydrogens is 1480 g/mol. The van der Waals surface area contributed by atoms with E-state index in [2.05, 4.69) is 94.2 Å². The fourth-order valence-corrected chi connectivity index (χ4v) is 15.1. The van der Waals surface area contributed by atoms with Gasteiger partial charge in [-0.05, 0) is 204 Å². The molecule has 0 saturated carbocycles. The summed E-state index contributed by atoms with van der Waals surface area (Å²) < 4.78 is 42.8. The molecule has 7 aromatic heterocycles. The number of aromatic amines is 1. The van der Waals surface area contributed by atoms with Crippen LogP contribution in [-0.4, -0.2) is 178 Å². The summed E-state index contributed by atoms with van der Waals surface area (Å²) in [7, 11) is 1.73. The van der Waals surface area contributed by atoms with E-state index < -0.39 is 16.8 Å².